The Balaban J connectivity index is 1.23. The number of nitrogens with zero attached hydrogens (tertiary/aromatic N) is 3. The first kappa shape index (κ1) is 24.7. The number of aryl methyl sites for hydroxylation is 4. The van der Waals surface area contributed by atoms with Crippen molar-refractivity contribution >= 4 is 45.2 Å². The molecule has 1 aliphatic rings. The van der Waals surface area contributed by atoms with Gasteiger partial charge in [0, 0.05) is 10.6 Å². The smallest absolute Gasteiger partial charge is 0.262 e. The Labute approximate surface area is 219 Å². The first-order valence-electron chi connectivity index (χ1n) is 12.2. The monoisotopic (exact) mass is 515 g/mol. The highest BCUT2D eigenvalue weighted by Crippen LogP contribution is 2.38. The fourth-order valence-electron chi connectivity index (χ4n) is 4.61. The van der Waals surface area contributed by atoms with Crippen molar-refractivity contribution in [3.05, 3.63) is 69.9 Å². The van der Waals surface area contributed by atoms with Crippen LogP contribution in [0.2, 0.25) is 0 Å². The Bertz CT molecular complexity index is 1460. The van der Waals surface area contributed by atoms with Gasteiger partial charge in [-0.15, -0.1) is 11.3 Å². The quantitative estimate of drug-likeness (QED) is 0.232. The minimum atomic E-state index is -0.242. The molecule has 0 fully saturated rings. The zero-order valence-electron chi connectivity index (χ0n) is 21.1. The molecular formula is C28H29N5O3S. The van der Waals surface area contributed by atoms with Crippen LogP contribution in [-0.4, -0.2) is 35.8 Å². The lowest BCUT2D eigenvalue weighted by atomic mass is 9.97. The predicted octanol–water partition coefficient (Wildman–Crippen LogP) is 5.66. The van der Waals surface area contributed by atoms with E-state index >= 15 is 0 Å². The topological polar surface area (TPSA) is 97.7 Å². The number of nitrogens with one attached hydrogen (secondary N) is 2. The van der Waals surface area contributed by atoms with Crippen LogP contribution in [0.4, 0.5) is 11.5 Å². The number of aromatic nitrogens is 2. The highest BCUT2D eigenvalue weighted by atomic mass is 32.1. The maximum atomic E-state index is 12.4. The van der Waals surface area contributed by atoms with Gasteiger partial charge in [-0.25, -0.2) is 9.97 Å². The molecule has 190 valence electrons. The SMILES string of the molecule is COc1cc(/C=N\Nc2ncnc3sc4c(c23)CCCC4)ccc1OCC(=O)Nc1cc(C)cc(C)c1. The van der Waals surface area contributed by atoms with Crippen molar-refractivity contribution in [2.75, 3.05) is 24.5 Å². The number of rotatable bonds is 8. The molecule has 5 rings (SSSR count). The minimum absolute atomic E-state index is 0.132. The Kier molecular flexibility index (Phi) is 7.32. The summed E-state index contributed by atoms with van der Waals surface area (Å²) in [5, 5.41) is 8.36. The highest BCUT2D eigenvalue weighted by Gasteiger charge is 2.19. The maximum Gasteiger partial charge on any atom is 0.262 e. The molecule has 2 aromatic carbocycles. The van der Waals surface area contributed by atoms with Crippen LogP contribution in [0, 0.1) is 13.8 Å². The van der Waals surface area contributed by atoms with Crippen LogP contribution in [0.15, 0.2) is 47.8 Å². The predicted molar refractivity (Wildman–Crippen MR) is 148 cm³/mol. The van der Waals surface area contributed by atoms with Crippen molar-refractivity contribution in [2.24, 2.45) is 5.10 Å². The fraction of sp³-hybridized carbons (Fsp3) is 0.286. The van der Waals surface area contributed by atoms with E-state index in [9.17, 15) is 4.79 Å². The molecule has 0 spiro atoms. The maximum absolute atomic E-state index is 12.4. The molecular weight excluding hydrogens is 486 g/mol. The van der Waals surface area contributed by atoms with E-state index in [1.54, 1.807) is 37.1 Å². The standard InChI is InChI=1S/C28H29N5O3S/c1-17-10-18(2)12-20(11-17)32-25(34)15-36-22-9-8-19(13-23(22)35-3)14-31-33-27-26-21-6-4-5-7-24(21)37-28(26)30-16-29-27/h8-14,16H,4-7,15H2,1-3H3,(H,32,34)(H,29,30,33)/b31-14-. The average molecular weight is 516 g/mol. The Morgan fingerprint density at radius 3 is 2.70 bits per heavy atom. The van der Waals surface area contributed by atoms with Crippen molar-refractivity contribution < 1.29 is 14.3 Å². The van der Waals surface area contributed by atoms with Crippen LogP contribution in [0.25, 0.3) is 10.2 Å². The first-order valence-corrected chi connectivity index (χ1v) is 13.0. The van der Waals surface area contributed by atoms with Crippen LogP contribution < -0.4 is 20.2 Å². The highest BCUT2D eigenvalue weighted by molar-refractivity contribution is 7.19. The van der Waals surface area contributed by atoms with Crippen LogP contribution in [0.5, 0.6) is 11.5 Å². The molecule has 8 nitrogen and oxygen atoms in total. The third kappa shape index (κ3) is 5.72. The Morgan fingerprint density at radius 1 is 1.08 bits per heavy atom. The van der Waals surface area contributed by atoms with E-state index in [1.807, 2.05) is 38.1 Å². The summed E-state index contributed by atoms with van der Waals surface area (Å²) < 4.78 is 11.2. The molecule has 4 aromatic rings. The Morgan fingerprint density at radius 2 is 1.89 bits per heavy atom. The summed E-state index contributed by atoms with van der Waals surface area (Å²) in [5.41, 5.74) is 8.19. The third-order valence-electron chi connectivity index (χ3n) is 6.19. The van der Waals surface area contributed by atoms with Crippen molar-refractivity contribution in [3.8, 4) is 11.5 Å². The number of ether oxygens (including phenoxy) is 2. The average Bonchev–Trinajstić information content (AvgIpc) is 3.26. The zero-order chi connectivity index (χ0) is 25.8. The van der Waals surface area contributed by atoms with Crippen LogP contribution in [0.1, 0.15) is 40.0 Å². The summed E-state index contributed by atoms with van der Waals surface area (Å²) in [6, 6.07) is 11.3. The fourth-order valence-corrected chi connectivity index (χ4v) is 5.84. The molecule has 9 heteroatoms. The van der Waals surface area contributed by atoms with Gasteiger partial charge in [0.1, 0.15) is 11.2 Å². The molecule has 2 aromatic heterocycles. The summed E-state index contributed by atoms with van der Waals surface area (Å²) in [5.74, 6) is 1.47. The molecule has 1 amide bonds. The van der Waals surface area contributed by atoms with Crippen molar-refractivity contribution in [3.63, 3.8) is 0 Å². The van der Waals surface area contributed by atoms with Crippen LogP contribution in [0.3, 0.4) is 0 Å². The molecule has 0 aliphatic heterocycles. The number of hydrogen-bond donors (Lipinski definition) is 2. The number of benzene rings is 2. The largest absolute Gasteiger partial charge is 0.493 e. The molecule has 0 saturated carbocycles. The van der Waals surface area contributed by atoms with Gasteiger partial charge in [-0.2, -0.15) is 5.10 Å². The second kappa shape index (κ2) is 11.0. The normalized spacial score (nSPS) is 12.9. The summed E-state index contributed by atoms with van der Waals surface area (Å²) in [6.07, 6.45) is 7.87. The lowest BCUT2D eigenvalue weighted by molar-refractivity contribution is -0.118. The van der Waals surface area contributed by atoms with Crippen LogP contribution >= 0.6 is 11.3 Å². The molecule has 37 heavy (non-hydrogen) atoms. The summed E-state index contributed by atoms with van der Waals surface area (Å²) >= 11 is 1.76. The number of hydrazone groups is 1. The van der Waals surface area contributed by atoms with E-state index in [0.717, 1.165) is 51.3 Å². The summed E-state index contributed by atoms with van der Waals surface area (Å²) in [6.45, 7) is 3.86. The number of carbonyl (C=O) groups is 1. The molecule has 0 unspecified atom stereocenters. The van der Waals surface area contributed by atoms with E-state index in [-0.39, 0.29) is 12.5 Å². The molecule has 2 N–H and O–H groups in total. The number of fused-ring (bicyclic) bond motifs is 3. The van der Waals surface area contributed by atoms with Crippen LogP contribution in [-0.2, 0) is 17.6 Å². The number of carbonyl (C=O) groups excluding carboxylic acids is 1. The van der Waals surface area contributed by atoms with Gasteiger partial charge in [-0.3, -0.25) is 10.2 Å². The summed E-state index contributed by atoms with van der Waals surface area (Å²) in [7, 11) is 1.56. The van der Waals surface area contributed by atoms with E-state index in [2.05, 4.69) is 31.9 Å². The second-order valence-electron chi connectivity index (χ2n) is 9.11. The van der Waals surface area contributed by atoms with Crippen molar-refractivity contribution in [2.45, 2.75) is 39.5 Å². The van der Waals surface area contributed by atoms with Gasteiger partial charge in [-0.05, 0) is 92.1 Å². The number of amides is 1. The van der Waals surface area contributed by atoms with Gasteiger partial charge in [0.05, 0.1) is 18.7 Å². The molecule has 2 heterocycles. The number of thiophene rings is 1. The lowest BCUT2D eigenvalue weighted by Crippen LogP contribution is -2.20. The molecule has 1 aliphatic carbocycles. The summed E-state index contributed by atoms with van der Waals surface area (Å²) in [4.78, 5) is 23.7. The van der Waals surface area contributed by atoms with Gasteiger partial charge in [0.15, 0.2) is 23.9 Å². The van der Waals surface area contributed by atoms with E-state index in [4.69, 9.17) is 9.47 Å². The number of methoxy groups -OCH3 is 1. The van der Waals surface area contributed by atoms with E-state index in [1.165, 1.54) is 23.3 Å². The van der Waals surface area contributed by atoms with Gasteiger partial charge in [0.2, 0.25) is 0 Å². The zero-order valence-corrected chi connectivity index (χ0v) is 21.9. The second-order valence-corrected chi connectivity index (χ2v) is 10.2. The van der Waals surface area contributed by atoms with Gasteiger partial charge >= 0.3 is 0 Å². The van der Waals surface area contributed by atoms with Crippen molar-refractivity contribution in [1.82, 2.24) is 9.97 Å². The van der Waals surface area contributed by atoms with E-state index < -0.39 is 0 Å². The minimum Gasteiger partial charge on any atom is -0.493 e. The Hall–Kier alpha value is -3.98. The number of anilines is 2. The van der Waals surface area contributed by atoms with E-state index in [0.29, 0.717) is 11.5 Å². The van der Waals surface area contributed by atoms with Gasteiger partial charge in [0.25, 0.3) is 5.91 Å². The van der Waals surface area contributed by atoms with Crippen molar-refractivity contribution in [1.29, 1.82) is 0 Å². The molecule has 0 atom stereocenters. The van der Waals surface area contributed by atoms with Gasteiger partial charge < -0.3 is 14.8 Å². The first-order chi connectivity index (χ1) is 18.0. The third-order valence-corrected chi connectivity index (χ3v) is 7.39. The van der Waals surface area contributed by atoms with Gasteiger partial charge in [-0.1, -0.05) is 6.07 Å². The number of hydrogen-bond acceptors (Lipinski definition) is 8. The molecule has 0 saturated heterocycles. The lowest BCUT2D eigenvalue weighted by Gasteiger charge is -2.12. The molecule has 0 bridgehead atoms. The molecule has 0 radical (unpaired) electrons.